The molecule has 0 aliphatic carbocycles. The smallest absolute Gasteiger partial charge is 0.330 e. The second kappa shape index (κ2) is 10.7. The van der Waals surface area contributed by atoms with Gasteiger partial charge in [0, 0.05) is 6.08 Å². The highest BCUT2D eigenvalue weighted by atomic mass is 16.5. The van der Waals surface area contributed by atoms with Crippen molar-refractivity contribution in [1.82, 2.24) is 0 Å². The number of hydrogen-bond acceptors (Lipinski definition) is 2. The number of carbonyl (C=O) groups excluding carboxylic acids is 1. The van der Waals surface area contributed by atoms with Crippen LogP contribution in [0.2, 0.25) is 0 Å². The lowest BCUT2D eigenvalue weighted by molar-refractivity contribution is -0.139. The van der Waals surface area contributed by atoms with Crippen LogP contribution in [0.15, 0.2) is 12.2 Å². The highest BCUT2D eigenvalue weighted by molar-refractivity contribution is 5.81. The molecule has 0 saturated carbocycles. The van der Waals surface area contributed by atoms with E-state index in [0.717, 1.165) is 12.8 Å². The first kappa shape index (κ1) is 15.2. The third kappa shape index (κ3) is 8.51. The number of esters is 1. The van der Waals surface area contributed by atoms with Crippen LogP contribution >= 0.6 is 0 Å². The molecule has 0 N–H and O–H groups in total. The number of carbonyl (C=O) groups is 1. The Hall–Kier alpha value is -0.790. The molecule has 0 aromatic carbocycles. The van der Waals surface area contributed by atoms with Gasteiger partial charge in [0.05, 0.1) is 6.61 Å². The first-order chi connectivity index (χ1) is 7.74. The summed E-state index contributed by atoms with van der Waals surface area (Å²) in [5.74, 6) is 0.338. The normalized spacial score (nSPS) is 12.9. The molecule has 0 aromatic heterocycles. The summed E-state index contributed by atoms with van der Waals surface area (Å²) in [7, 11) is 0. The van der Waals surface area contributed by atoms with Crippen molar-refractivity contribution in [3.8, 4) is 0 Å². The molecule has 0 aromatic rings. The molecule has 0 aliphatic rings. The molecule has 0 rings (SSSR count). The third-order valence-electron chi connectivity index (χ3n) is 2.68. The summed E-state index contributed by atoms with van der Waals surface area (Å²) in [5, 5.41) is 0. The lowest BCUT2D eigenvalue weighted by Gasteiger charge is -2.15. The zero-order valence-electron chi connectivity index (χ0n) is 11.0. The van der Waals surface area contributed by atoms with E-state index in [-0.39, 0.29) is 5.97 Å². The summed E-state index contributed by atoms with van der Waals surface area (Å²) in [6.45, 7) is 6.80. The molecule has 2 nitrogen and oxygen atoms in total. The molecule has 1 unspecified atom stereocenters. The fourth-order valence-corrected chi connectivity index (χ4v) is 1.79. The van der Waals surface area contributed by atoms with E-state index in [0.29, 0.717) is 12.5 Å². The molecule has 0 amide bonds. The Morgan fingerprint density at radius 3 is 2.50 bits per heavy atom. The van der Waals surface area contributed by atoms with Gasteiger partial charge in [-0.05, 0) is 25.7 Å². The van der Waals surface area contributed by atoms with Crippen LogP contribution in [0.4, 0.5) is 0 Å². The van der Waals surface area contributed by atoms with E-state index in [4.69, 9.17) is 4.74 Å². The predicted octanol–water partition coefficient (Wildman–Crippen LogP) is 4.10. The molecule has 0 heterocycles. The van der Waals surface area contributed by atoms with Crippen molar-refractivity contribution >= 4 is 5.97 Å². The molecular formula is C14H26O2. The monoisotopic (exact) mass is 226 g/mol. The molecule has 0 radical (unpaired) electrons. The van der Waals surface area contributed by atoms with Gasteiger partial charge >= 0.3 is 5.97 Å². The van der Waals surface area contributed by atoms with Crippen molar-refractivity contribution in [2.24, 2.45) is 5.92 Å². The number of unbranched alkanes of at least 4 members (excludes halogenated alkanes) is 2. The average Bonchev–Trinajstić information content (AvgIpc) is 2.26. The second-order valence-electron chi connectivity index (χ2n) is 4.28. The zero-order valence-corrected chi connectivity index (χ0v) is 11.0. The minimum atomic E-state index is -0.209. The maximum absolute atomic E-state index is 11.2. The number of hydrogen-bond donors (Lipinski definition) is 0. The molecule has 0 fully saturated rings. The number of ether oxygens (including phenoxy) is 1. The van der Waals surface area contributed by atoms with E-state index in [1.54, 1.807) is 6.08 Å². The first-order valence-corrected chi connectivity index (χ1v) is 6.54. The van der Waals surface area contributed by atoms with E-state index in [1.165, 1.54) is 31.8 Å². The van der Waals surface area contributed by atoms with Crippen LogP contribution < -0.4 is 0 Å². The minimum absolute atomic E-state index is 0.209. The van der Waals surface area contributed by atoms with E-state index < -0.39 is 0 Å². The quantitative estimate of drug-likeness (QED) is 0.336. The molecule has 0 saturated heterocycles. The summed E-state index contributed by atoms with van der Waals surface area (Å²) >= 11 is 0. The van der Waals surface area contributed by atoms with Crippen LogP contribution in [-0.2, 0) is 9.53 Å². The van der Waals surface area contributed by atoms with Gasteiger partial charge in [-0.2, -0.15) is 0 Å². The Balaban J connectivity index is 3.78. The van der Waals surface area contributed by atoms with Crippen molar-refractivity contribution in [3.05, 3.63) is 12.2 Å². The predicted molar refractivity (Wildman–Crippen MR) is 68.3 cm³/mol. The molecule has 0 aliphatic heterocycles. The number of allylic oxidation sites excluding steroid dienone is 1. The Kier molecular flexibility index (Phi) is 10.2. The van der Waals surface area contributed by atoms with Gasteiger partial charge < -0.3 is 4.74 Å². The zero-order chi connectivity index (χ0) is 12.2. The molecule has 1 atom stereocenters. The molecule has 94 valence electrons. The third-order valence-corrected chi connectivity index (χ3v) is 2.68. The van der Waals surface area contributed by atoms with E-state index in [1.807, 2.05) is 6.92 Å². The maximum atomic E-state index is 11.2. The van der Waals surface area contributed by atoms with Crippen molar-refractivity contribution < 1.29 is 9.53 Å². The SMILES string of the molecule is C/C=C/C(=O)OCC(CCC)CCCCC. The van der Waals surface area contributed by atoms with Gasteiger partial charge in [0.1, 0.15) is 0 Å². The van der Waals surface area contributed by atoms with Crippen molar-refractivity contribution in [1.29, 1.82) is 0 Å². The van der Waals surface area contributed by atoms with Crippen molar-refractivity contribution in [2.75, 3.05) is 6.61 Å². The largest absolute Gasteiger partial charge is 0.462 e. The van der Waals surface area contributed by atoms with Gasteiger partial charge in [0.25, 0.3) is 0 Å². The van der Waals surface area contributed by atoms with Gasteiger partial charge in [0.2, 0.25) is 0 Å². The molecule has 2 heteroatoms. The fraction of sp³-hybridized carbons (Fsp3) is 0.786. The van der Waals surface area contributed by atoms with Gasteiger partial charge in [-0.25, -0.2) is 4.79 Å². The van der Waals surface area contributed by atoms with Crippen LogP contribution in [0, 0.1) is 5.92 Å². The van der Waals surface area contributed by atoms with Crippen LogP contribution in [-0.4, -0.2) is 12.6 Å². The molecule has 0 bridgehead atoms. The van der Waals surface area contributed by atoms with Gasteiger partial charge in [-0.3, -0.25) is 0 Å². The fourth-order valence-electron chi connectivity index (χ4n) is 1.79. The first-order valence-electron chi connectivity index (χ1n) is 6.54. The maximum Gasteiger partial charge on any atom is 0.330 e. The lowest BCUT2D eigenvalue weighted by Crippen LogP contribution is -2.13. The highest BCUT2D eigenvalue weighted by Crippen LogP contribution is 2.16. The van der Waals surface area contributed by atoms with Crippen molar-refractivity contribution in [3.63, 3.8) is 0 Å². The standard InChI is InChI=1S/C14H26O2/c1-4-7-8-11-13(9-5-2)12-16-14(15)10-6-3/h6,10,13H,4-5,7-9,11-12H2,1-3H3/b10-6+. The van der Waals surface area contributed by atoms with Gasteiger partial charge in [-0.1, -0.05) is 45.6 Å². The van der Waals surface area contributed by atoms with Crippen LogP contribution in [0.25, 0.3) is 0 Å². The topological polar surface area (TPSA) is 26.3 Å². The van der Waals surface area contributed by atoms with E-state index in [2.05, 4.69) is 13.8 Å². The summed E-state index contributed by atoms with van der Waals surface area (Å²) in [5.41, 5.74) is 0. The summed E-state index contributed by atoms with van der Waals surface area (Å²) in [4.78, 5) is 11.2. The van der Waals surface area contributed by atoms with Crippen LogP contribution in [0.1, 0.15) is 59.3 Å². The van der Waals surface area contributed by atoms with Crippen LogP contribution in [0.5, 0.6) is 0 Å². The molecule has 0 spiro atoms. The van der Waals surface area contributed by atoms with Gasteiger partial charge in [0.15, 0.2) is 0 Å². The van der Waals surface area contributed by atoms with E-state index >= 15 is 0 Å². The second-order valence-corrected chi connectivity index (χ2v) is 4.28. The minimum Gasteiger partial charge on any atom is -0.462 e. The molecular weight excluding hydrogens is 200 g/mol. The Morgan fingerprint density at radius 1 is 1.19 bits per heavy atom. The summed E-state index contributed by atoms with van der Waals surface area (Å²) in [6, 6.07) is 0. The Labute approximate surface area is 100 Å². The van der Waals surface area contributed by atoms with Crippen molar-refractivity contribution in [2.45, 2.75) is 59.3 Å². The Morgan fingerprint density at radius 2 is 1.94 bits per heavy atom. The molecule has 16 heavy (non-hydrogen) atoms. The number of rotatable bonds is 9. The van der Waals surface area contributed by atoms with Gasteiger partial charge in [-0.15, -0.1) is 0 Å². The van der Waals surface area contributed by atoms with E-state index in [9.17, 15) is 4.79 Å². The highest BCUT2D eigenvalue weighted by Gasteiger charge is 2.09. The average molecular weight is 226 g/mol. The summed E-state index contributed by atoms with van der Waals surface area (Å²) in [6.07, 6.45) is 10.5. The lowest BCUT2D eigenvalue weighted by atomic mass is 9.97. The summed E-state index contributed by atoms with van der Waals surface area (Å²) < 4.78 is 5.20. The Bertz CT molecular complexity index is 197. The van der Waals surface area contributed by atoms with Crippen LogP contribution in [0.3, 0.4) is 0 Å².